The van der Waals surface area contributed by atoms with Crippen molar-refractivity contribution in [1.82, 2.24) is 4.72 Å². The highest BCUT2D eigenvalue weighted by molar-refractivity contribution is 7.90. The molecule has 0 saturated carbocycles. The number of aliphatic imine (C=N–C) groups is 1. The molecule has 98 valence electrons. The summed E-state index contributed by atoms with van der Waals surface area (Å²) in [5.74, 6) is 0.427. The number of fused-ring (bicyclic) bond motifs is 1. The van der Waals surface area contributed by atoms with Gasteiger partial charge in [0.2, 0.25) is 0 Å². The second-order valence-corrected chi connectivity index (χ2v) is 6.90. The highest BCUT2D eigenvalue weighted by Crippen LogP contribution is 2.26. The molecule has 0 radical (unpaired) electrons. The van der Waals surface area contributed by atoms with Gasteiger partial charge in [0.15, 0.2) is 0 Å². The molecular weight excluding hydrogens is 280 g/mol. The summed E-state index contributed by atoms with van der Waals surface area (Å²) in [5, 5.41) is 1.98. The third-order valence-electron chi connectivity index (χ3n) is 2.94. The lowest BCUT2D eigenvalue weighted by Gasteiger charge is -2.05. The lowest BCUT2D eigenvalue weighted by Crippen LogP contribution is -2.22. The lowest BCUT2D eigenvalue weighted by atomic mass is 10.2. The summed E-state index contributed by atoms with van der Waals surface area (Å²) >= 11 is 1.61. The first kappa shape index (κ1) is 12.4. The van der Waals surface area contributed by atoms with Gasteiger partial charge in [0.05, 0.1) is 10.9 Å². The number of nitrogens with zero attached hydrogens (tertiary/aromatic N) is 1. The molecule has 0 fully saturated rings. The third kappa shape index (κ3) is 2.17. The van der Waals surface area contributed by atoms with Crippen molar-refractivity contribution in [1.29, 1.82) is 0 Å². The second kappa shape index (κ2) is 4.47. The van der Waals surface area contributed by atoms with Gasteiger partial charge in [0.25, 0.3) is 10.0 Å². The predicted octanol–water partition coefficient (Wildman–Crippen LogP) is 2.55. The van der Waals surface area contributed by atoms with E-state index in [4.69, 9.17) is 0 Å². The molecule has 1 aromatic carbocycles. The Kier molecular flexibility index (Phi) is 2.91. The minimum atomic E-state index is -3.45. The van der Waals surface area contributed by atoms with Gasteiger partial charge < -0.3 is 0 Å². The van der Waals surface area contributed by atoms with E-state index in [1.807, 2.05) is 30.5 Å². The fraction of sp³-hybridized carbons (Fsp3) is 0.154. The van der Waals surface area contributed by atoms with Crippen LogP contribution in [0.25, 0.3) is 0 Å². The molecule has 0 unspecified atom stereocenters. The van der Waals surface area contributed by atoms with Crippen LogP contribution in [0.3, 0.4) is 0 Å². The average molecular weight is 292 g/mol. The van der Waals surface area contributed by atoms with Gasteiger partial charge in [-0.25, -0.2) is 8.42 Å². The number of thiophene rings is 1. The number of nitrogens with one attached hydrogen (secondary N) is 1. The van der Waals surface area contributed by atoms with Crippen molar-refractivity contribution < 1.29 is 8.42 Å². The molecule has 4 nitrogen and oxygen atoms in total. The number of amidine groups is 1. The Morgan fingerprint density at radius 1 is 1.21 bits per heavy atom. The summed E-state index contributed by atoms with van der Waals surface area (Å²) in [6, 6.07) is 10.8. The van der Waals surface area contributed by atoms with Crippen molar-refractivity contribution >= 4 is 27.2 Å². The van der Waals surface area contributed by atoms with E-state index in [0.29, 0.717) is 16.3 Å². The van der Waals surface area contributed by atoms with Crippen LogP contribution in [0, 0.1) is 0 Å². The topological polar surface area (TPSA) is 58.5 Å². The van der Waals surface area contributed by atoms with Crippen molar-refractivity contribution in [2.24, 2.45) is 4.99 Å². The summed E-state index contributed by atoms with van der Waals surface area (Å²) in [6.07, 6.45) is 0. The highest BCUT2D eigenvalue weighted by Gasteiger charge is 2.30. The molecule has 0 aliphatic carbocycles. The van der Waals surface area contributed by atoms with E-state index in [0.717, 1.165) is 4.88 Å². The van der Waals surface area contributed by atoms with Crippen LogP contribution in [-0.4, -0.2) is 14.3 Å². The summed E-state index contributed by atoms with van der Waals surface area (Å²) in [6.45, 7) is 1.95. The van der Waals surface area contributed by atoms with E-state index in [9.17, 15) is 8.42 Å². The fourth-order valence-corrected chi connectivity index (χ4v) is 3.98. The van der Waals surface area contributed by atoms with Crippen LogP contribution >= 0.6 is 11.3 Å². The van der Waals surface area contributed by atoms with Crippen molar-refractivity contribution in [2.45, 2.75) is 17.9 Å². The molecule has 0 saturated heterocycles. The molecule has 0 amide bonds. The SMILES string of the molecule is C[C@@H](N=C1NS(=O)(=O)c2ccccc21)c1cccs1. The zero-order chi connectivity index (χ0) is 13.5. The Balaban J connectivity index is 2.05. The number of hydrogen-bond donors (Lipinski definition) is 1. The molecule has 19 heavy (non-hydrogen) atoms. The molecule has 0 spiro atoms. The predicted molar refractivity (Wildman–Crippen MR) is 76.0 cm³/mol. The average Bonchev–Trinajstić information content (AvgIpc) is 2.98. The van der Waals surface area contributed by atoms with Gasteiger partial charge in [-0.1, -0.05) is 18.2 Å². The first-order valence-electron chi connectivity index (χ1n) is 5.81. The third-order valence-corrected chi connectivity index (χ3v) is 5.38. The van der Waals surface area contributed by atoms with Crippen molar-refractivity contribution in [2.75, 3.05) is 0 Å². The molecule has 2 heterocycles. The van der Waals surface area contributed by atoms with Crippen LogP contribution in [0.1, 0.15) is 23.4 Å². The molecular formula is C13H12N2O2S2. The van der Waals surface area contributed by atoms with Crippen molar-refractivity contribution in [3.8, 4) is 0 Å². The van der Waals surface area contributed by atoms with Crippen molar-refractivity contribution in [3.63, 3.8) is 0 Å². The zero-order valence-electron chi connectivity index (χ0n) is 10.2. The van der Waals surface area contributed by atoms with Crippen LogP contribution in [0.4, 0.5) is 0 Å². The van der Waals surface area contributed by atoms with Gasteiger partial charge >= 0.3 is 0 Å². The van der Waals surface area contributed by atoms with Crippen LogP contribution in [0.2, 0.25) is 0 Å². The quantitative estimate of drug-likeness (QED) is 0.924. The molecule has 1 N–H and O–H groups in total. The fourth-order valence-electron chi connectivity index (χ4n) is 2.02. The molecule has 1 aromatic heterocycles. The first-order valence-corrected chi connectivity index (χ1v) is 8.17. The lowest BCUT2D eigenvalue weighted by molar-refractivity contribution is 0.595. The molecule has 1 atom stereocenters. The molecule has 3 rings (SSSR count). The maximum absolute atomic E-state index is 11.9. The van der Waals surface area contributed by atoms with Gasteiger partial charge in [-0.3, -0.25) is 9.71 Å². The van der Waals surface area contributed by atoms with Gasteiger partial charge in [0.1, 0.15) is 5.84 Å². The van der Waals surface area contributed by atoms with E-state index in [1.54, 1.807) is 29.5 Å². The molecule has 6 heteroatoms. The number of sulfonamides is 1. The number of hydrogen-bond acceptors (Lipinski definition) is 4. The van der Waals surface area contributed by atoms with Crippen LogP contribution < -0.4 is 4.72 Å². The standard InChI is InChI=1S/C13H12N2O2S2/c1-9(11-6-4-8-18-11)14-13-10-5-2-3-7-12(10)19(16,17)15-13/h2-9H,1H3,(H,14,15)/t9-/m1/s1. The maximum atomic E-state index is 11.9. The summed E-state index contributed by atoms with van der Waals surface area (Å²) in [4.78, 5) is 5.90. The van der Waals surface area contributed by atoms with Gasteiger partial charge in [-0.15, -0.1) is 11.3 Å². The Hall–Kier alpha value is -1.66. The normalized spacial score (nSPS) is 19.9. The van der Waals surface area contributed by atoms with Crippen LogP contribution in [-0.2, 0) is 10.0 Å². The molecule has 1 aliphatic heterocycles. The van der Waals surface area contributed by atoms with Gasteiger partial charge in [-0.05, 0) is 30.5 Å². The highest BCUT2D eigenvalue weighted by atomic mass is 32.2. The maximum Gasteiger partial charge on any atom is 0.263 e. The minimum Gasteiger partial charge on any atom is -0.263 e. The Labute approximate surface area is 115 Å². The number of rotatable bonds is 2. The largest absolute Gasteiger partial charge is 0.263 e. The molecule has 2 aromatic rings. The summed E-state index contributed by atoms with van der Waals surface area (Å²) in [5.41, 5.74) is 0.644. The van der Waals surface area contributed by atoms with Gasteiger partial charge in [-0.2, -0.15) is 0 Å². The Morgan fingerprint density at radius 3 is 2.74 bits per heavy atom. The van der Waals surface area contributed by atoms with Crippen molar-refractivity contribution in [3.05, 3.63) is 52.2 Å². The van der Waals surface area contributed by atoms with E-state index in [-0.39, 0.29) is 6.04 Å². The van der Waals surface area contributed by atoms with Crippen LogP contribution in [0.15, 0.2) is 51.7 Å². The van der Waals surface area contributed by atoms with E-state index >= 15 is 0 Å². The van der Waals surface area contributed by atoms with E-state index < -0.39 is 10.0 Å². The van der Waals surface area contributed by atoms with Crippen LogP contribution in [0.5, 0.6) is 0 Å². The molecule has 1 aliphatic rings. The van der Waals surface area contributed by atoms with E-state index in [1.165, 1.54) is 0 Å². The smallest absolute Gasteiger partial charge is 0.263 e. The first-order chi connectivity index (χ1) is 9.08. The molecule has 0 bridgehead atoms. The Bertz CT molecular complexity index is 734. The Morgan fingerprint density at radius 2 is 2.00 bits per heavy atom. The monoisotopic (exact) mass is 292 g/mol. The summed E-state index contributed by atoms with van der Waals surface area (Å²) < 4.78 is 26.4. The second-order valence-electron chi connectivity index (χ2n) is 4.27. The van der Waals surface area contributed by atoms with Gasteiger partial charge in [0, 0.05) is 10.4 Å². The minimum absolute atomic E-state index is 0.0659. The van der Waals surface area contributed by atoms with E-state index in [2.05, 4.69) is 9.71 Å². The summed E-state index contributed by atoms with van der Waals surface area (Å²) in [7, 11) is -3.45. The zero-order valence-corrected chi connectivity index (χ0v) is 11.8. The number of benzene rings is 1.